The second kappa shape index (κ2) is 7.12. The van der Waals surface area contributed by atoms with Gasteiger partial charge in [0.1, 0.15) is 5.75 Å². The summed E-state index contributed by atoms with van der Waals surface area (Å²) < 4.78 is 9.86. The van der Waals surface area contributed by atoms with Gasteiger partial charge in [0.25, 0.3) is 0 Å². The van der Waals surface area contributed by atoms with E-state index in [0.717, 1.165) is 16.9 Å². The first-order chi connectivity index (χ1) is 8.61. The summed E-state index contributed by atoms with van der Waals surface area (Å²) in [6.45, 7) is 5.62. The van der Waals surface area contributed by atoms with Gasteiger partial charge in [0.05, 0.1) is 13.4 Å². The third-order valence-electron chi connectivity index (χ3n) is 2.05. The molecule has 18 heavy (non-hydrogen) atoms. The van der Waals surface area contributed by atoms with E-state index in [-0.39, 0.29) is 5.97 Å². The summed E-state index contributed by atoms with van der Waals surface area (Å²) in [5.74, 6) is 0.349. The highest BCUT2D eigenvalue weighted by molar-refractivity contribution is 5.86. The van der Waals surface area contributed by atoms with Gasteiger partial charge in [-0.1, -0.05) is 24.3 Å². The average molecular weight is 244 g/mol. The van der Waals surface area contributed by atoms with Crippen molar-refractivity contribution in [3.63, 3.8) is 0 Å². The highest BCUT2D eigenvalue weighted by Crippen LogP contribution is 2.13. The molecule has 0 aliphatic carbocycles. The molecule has 0 unspecified atom stereocenters. The van der Waals surface area contributed by atoms with Crippen molar-refractivity contribution in [2.75, 3.05) is 7.11 Å². The second-order valence-electron chi connectivity index (χ2n) is 3.69. The van der Waals surface area contributed by atoms with Gasteiger partial charge in [-0.05, 0) is 36.8 Å². The largest absolute Gasteiger partial charge is 0.466 e. The van der Waals surface area contributed by atoms with Crippen LogP contribution in [-0.2, 0) is 9.53 Å². The molecule has 1 aromatic rings. The lowest BCUT2D eigenvalue weighted by Crippen LogP contribution is -1.93. The molecule has 0 fully saturated rings. The minimum Gasteiger partial charge on any atom is -0.466 e. The molecule has 0 saturated carbocycles. The molecule has 0 aromatic heterocycles. The van der Waals surface area contributed by atoms with Crippen LogP contribution in [0.4, 0.5) is 0 Å². The number of carbonyl (C=O) groups excluding carboxylic acids is 1. The first-order valence-electron chi connectivity index (χ1n) is 5.46. The van der Waals surface area contributed by atoms with Gasteiger partial charge in [0.15, 0.2) is 0 Å². The van der Waals surface area contributed by atoms with Crippen molar-refractivity contribution in [1.82, 2.24) is 0 Å². The second-order valence-corrected chi connectivity index (χ2v) is 3.69. The molecule has 0 radical (unpaired) electrons. The smallest absolute Gasteiger partial charge is 0.330 e. The van der Waals surface area contributed by atoms with Gasteiger partial charge in [0, 0.05) is 6.08 Å². The summed E-state index contributed by atoms with van der Waals surface area (Å²) in [4.78, 5) is 10.9. The number of benzene rings is 1. The Balaban J connectivity index is 2.60. The number of esters is 1. The molecular formula is C15H16O3. The molecule has 0 spiro atoms. The van der Waals surface area contributed by atoms with Crippen LogP contribution >= 0.6 is 0 Å². The predicted molar refractivity (Wildman–Crippen MR) is 72.1 cm³/mol. The zero-order chi connectivity index (χ0) is 13.4. The summed E-state index contributed by atoms with van der Waals surface area (Å²) in [5, 5.41) is 0. The van der Waals surface area contributed by atoms with Gasteiger partial charge in [-0.15, -0.1) is 0 Å². The Morgan fingerprint density at radius 2 is 1.89 bits per heavy atom. The van der Waals surface area contributed by atoms with Crippen molar-refractivity contribution < 1.29 is 14.3 Å². The summed E-state index contributed by atoms with van der Waals surface area (Å²) >= 11 is 0. The van der Waals surface area contributed by atoms with E-state index in [4.69, 9.17) is 4.74 Å². The molecule has 1 rings (SSSR count). The van der Waals surface area contributed by atoms with Crippen LogP contribution in [0.15, 0.2) is 54.8 Å². The lowest BCUT2D eigenvalue weighted by Gasteiger charge is -2.00. The van der Waals surface area contributed by atoms with E-state index >= 15 is 0 Å². The van der Waals surface area contributed by atoms with Gasteiger partial charge >= 0.3 is 5.97 Å². The Labute approximate surface area is 107 Å². The highest BCUT2D eigenvalue weighted by Gasteiger charge is 1.93. The van der Waals surface area contributed by atoms with Crippen molar-refractivity contribution in [3.05, 3.63) is 60.4 Å². The molecule has 3 heteroatoms. The molecule has 1 aromatic carbocycles. The third-order valence-corrected chi connectivity index (χ3v) is 2.05. The van der Waals surface area contributed by atoms with E-state index in [1.54, 1.807) is 18.4 Å². The standard InChI is InChI=1S/C15H16O3/c1-12(2)10-11-18-14-7-4-13(5-8-14)6-9-15(16)17-3/h4-11H,1H2,2-3H3. The highest BCUT2D eigenvalue weighted by atomic mass is 16.5. The maximum atomic E-state index is 10.9. The number of methoxy groups -OCH3 is 1. The quantitative estimate of drug-likeness (QED) is 0.345. The van der Waals surface area contributed by atoms with Gasteiger partial charge in [-0.3, -0.25) is 0 Å². The summed E-state index contributed by atoms with van der Waals surface area (Å²) in [5.41, 5.74) is 1.82. The fourth-order valence-corrected chi connectivity index (χ4v) is 1.12. The van der Waals surface area contributed by atoms with Gasteiger partial charge in [-0.25, -0.2) is 4.79 Å². The van der Waals surface area contributed by atoms with E-state index in [2.05, 4.69) is 11.3 Å². The van der Waals surface area contributed by atoms with Crippen LogP contribution in [0.1, 0.15) is 12.5 Å². The van der Waals surface area contributed by atoms with Crippen LogP contribution in [0, 0.1) is 0 Å². The van der Waals surface area contributed by atoms with E-state index in [1.165, 1.54) is 13.2 Å². The maximum absolute atomic E-state index is 10.9. The SMILES string of the molecule is C=C(C)C=COc1ccc(C=CC(=O)OC)cc1. The summed E-state index contributed by atoms with van der Waals surface area (Å²) in [7, 11) is 1.34. The maximum Gasteiger partial charge on any atom is 0.330 e. The van der Waals surface area contributed by atoms with E-state index in [9.17, 15) is 4.79 Å². The normalized spacial score (nSPS) is 10.8. The van der Waals surface area contributed by atoms with Crippen LogP contribution in [-0.4, -0.2) is 13.1 Å². The van der Waals surface area contributed by atoms with E-state index < -0.39 is 0 Å². The lowest BCUT2D eigenvalue weighted by atomic mass is 10.2. The van der Waals surface area contributed by atoms with Crippen molar-refractivity contribution in [2.45, 2.75) is 6.92 Å². The number of hydrogen-bond acceptors (Lipinski definition) is 3. The van der Waals surface area contributed by atoms with Crippen molar-refractivity contribution in [2.24, 2.45) is 0 Å². The fraction of sp³-hybridized carbons (Fsp3) is 0.133. The van der Waals surface area contributed by atoms with Crippen molar-refractivity contribution in [3.8, 4) is 5.75 Å². The Morgan fingerprint density at radius 1 is 1.22 bits per heavy atom. The Morgan fingerprint density at radius 3 is 2.44 bits per heavy atom. The van der Waals surface area contributed by atoms with Crippen molar-refractivity contribution >= 4 is 12.0 Å². The first-order valence-corrected chi connectivity index (χ1v) is 5.46. The van der Waals surface area contributed by atoms with Crippen LogP contribution in [0.3, 0.4) is 0 Å². The molecule has 0 aliphatic rings. The van der Waals surface area contributed by atoms with Gasteiger partial charge < -0.3 is 9.47 Å². The molecule has 0 atom stereocenters. The number of ether oxygens (including phenoxy) is 2. The minimum atomic E-state index is -0.375. The molecule has 0 amide bonds. The Kier molecular flexibility index (Phi) is 5.45. The fourth-order valence-electron chi connectivity index (χ4n) is 1.12. The van der Waals surface area contributed by atoms with Gasteiger partial charge in [0.2, 0.25) is 0 Å². The molecule has 0 bridgehead atoms. The van der Waals surface area contributed by atoms with Crippen molar-refractivity contribution in [1.29, 1.82) is 0 Å². The third kappa shape index (κ3) is 5.16. The van der Waals surface area contributed by atoms with Crippen LogP contribution in [0.2, 0.25) is 0 Å². The monoisotopic (exact) mass is 244 g/mol. The Hall–Kier alpha value is -2.29. The summed E-state index contributed by atoms with van der Waals surface area (Å²) in [6, 6.07) is 7.34. The first kappa shape index (κ1) is 13.8. The molecule has 0 N–H and O–H groups in total. The summed E-state index contributed by atoms with van der Waals surface area (Å²) in [6.07, 6.45) is 6.42. The van der Waals surface area contributed by atoms with Gasteiger partial charge in [-0.2, -0.15) is 0 Å². The zero-order valence-electron chi connectivity index (χ0n) is 10.6. The van der Waals surface area contributed by atoms with Crippen LogP contribution in [0.25, 0.3) is 6.08 Å². The van der Waals surface area contributed by atoms with Crippen LogP contribution in [0.5, 0.6) is 5.75 Å². The Bertz CT molecular complexity index is 467. The number of rotatable bonds is 5. The molecule has 3 nitrogen and oxygen atoms in total. The van der Waals surface area contributed by atoms with E-state index in [0.29, 0.717) is 0 Å². The van der Waals surface area contributed by atoms with Crippen LogP contribution < -0.4 is 4.74 Å². The average Bonchev–Trinajstić information content (AvgIpc) is 2.37. The van der Waals surface area contributed by atoms with E-state index in [1.807, 2.05) is 31.2 Å². The molecule has 94 valence electrons. The molecule has 0 heterocycles. The number of hydrogen-bond donors (Lipinski definition) is 0. The zero-order valence-corrected chi connectivity index (χ0v) is 10.6. The topological polar surface area (TPSA) is 35.5 Å². The molecule has 0 aliphatic heterocycles. The lowest BCUT2D eigenvalue weighted by molar-refractivity contribution is -0.134. The molecule has 0 saturated heterocycles. The number of carbonyl (C=O) groups is 1. The predicted octanol–water partition coefficient (Wildman–Crippen LogP) is 3.34. The minimum absolute atomic E-state index is 0.375. The number of allylic oxidation sites excluding steroid dienone is 2. The molecular weight excluding hydrogens is 228 g/mol.